The summed E-state index contributed by atoms with van der Waals surface area (Å²) in [6.07, 6.45) is 0. The monoisotopic (exact) mass is 278 g/mol. The number of hydrogen-bond acceptors (Lipinski definition) is 3. The molecule has 4 aromatic rings. The lowest BCUT2D eigenvalue weighted by Crippen LogP contribution is -1.90. The number of halogens is 1. The summed E-state index contributed by atoms with van der Waals surface area (Å²) in [4.78, 5) is 4.32. The third-order valence-corrected chi connectivity index (χ3v) is 3.50. The topological polar surface area (TPSA) is 52.0 Å². The SMILES string of the molecule is Nc1cc2ccccc2cc1-c1nc2cc(F)ccc2o1. The number of fused-ring (bicyclic) bond motifs is 2. The van der Waals surface area contributed by atoms with Crippen molar-refractivity contribution in [1.29, 1.82) is 0 Å². The summed E-state index contributed by atoms with van der Waals surface area (Å²) in [6.45, 7) is 0. The fourth-order valence-corrected chi connectivity index (χ4v) is 2.46. The van der Waals surface area contributed by atoms with E-state index in [9.17, 15) is 4.39 Å². The van der Waals surface area contributed by atoms with Crippen molar-refractivity contribution < 1.29 is 8.81 Å². The Balaban J connectivity index is 1.96. The molecular weight excluding hydrogens is 267 g/mol. The normalized spacial score (nSPS) is 11.3. The third kappa shape index (κ3) is 1.92. The number of anilines is 1. The fraction of sp³-hybridized carbons (Fsp3) is 0. The van der Waals surface area contributed by atoms with E-state index < -0.39 is 0 Å². The van der Waals surface area contributed by atoms with Gasteiger partial charge in [-0.15, -0.1) is 0 Å². The van der Waals surface area contributed by atoms with Crippen molar-refractivity contribution in [2.24, 2.45) is 0 Å². The number of nitrogen functional groups attached to an aromatic ring is 1. The number of nitrogens with zero attached hydrogens (tertiary/aromatic N) is 1. The molecule has 0 aliphatic carbocycles. The zero-order valence-corrected chi connectivity index (χ0v) is 11.0. The molecule has 0 saturated heterocycles. The summed E-state index contributed by atoms with van der Waals surface area (Å²) in [5.74, 6) is 0.0627. The molecule has 0 unspecified atom stereocenters. The van der Waals surface area contributed by atoms with Crippen molar-refractivity contribution in [3.8, 4) is 11.5 Å². The fourth-order valence-electron chi connectivity index (χ4n) is 2.46. The minimum Gasteiger partial charge on any atom is -0.436 e. The van der Waals surface area contributed by atoms with Gasteiger partial charge in [-0.2, -0.15) is 0 Å². The summed E-state index contributed by atoms with van der Waals surface area (Å²) in [7, 11) is 0. The summed E-state index contributed by atoms with van der Waals surface area (Å²) in [5.41, 5.74) is 8.42. The quantitative estimate of drug-likeness (QED) is 0.526. The lowest BCUT2D eigenvalue weighted by Gasteiger charge is -2.04. The van der Waals surface area contributed by atoms with E-state index in [-0.39, 0.29) is 5.82 Å². The van der Waals surface area contributed by atoms with Gasteiger partial charge in [0.05, 0.1) is 5.56 Å². The first-order valence-electron chi connectivity index (χ1n) is 6.55. The van der Waals surface area contributed by atoms with Crippen molar-refractivity contribution in [1.82, 2.24) is 4.98 Å². The van der Waals surface area contributed by atoms with Crippen LogP contribution < -0.4 is 5.73 Å². The predicted octanol–water partition coefficient (Wildman–Crippen LogP) is 4.37. The van der Waals surface area contributed by atoms with Crippen LogP contribution in [0.1, 0.15) is 0 Å². The number of nitrogens with two attached hydrogens (primary N) is 1. The lowest BCUT2D eigenvalue weighted by atomic mass is 10.1. The minimum atomic E-state index is -0.339. The summed E-state index contributed by atoms with van der Waals surface area (Å²) >= 11 is 0. The molecule has 0 bridgehead atoms. The van der Waals surface area contributed by atoms with E-state index in [1.807, 2.05) is 36.4 Å². The van der Waals surface area contributed by atoms with Gasteiger partial charge in [-0.1, -0.05) is 24.3 Å². The first-order chi connectivity index (χ1) is 10.2. The van der Waals surface area contributed by atoms with Gasteiger partial charge < -0.3 is 10.2 Å². The average Bonchev–Trinajstić information content (AvgIpc) is 2.89. The first kappa shape index (κ1) is 11.9. The highest BCUT2D eigenvalue weighted by atomic mass is 19.1. The Hall–Kier alpha value is -2.88. The van der Waals surface area contributed by atoms with Crippen LogP contribution >= 0.6 is 0 Å². The zero-order chi connectivity index (χ0) is 14.4. The van der Waals surface area contributed by atoms with Gasteiger partial charge in [-0.05, 0) is 35.0 Å². The lowest BCUT2D eigenvalue weighted by molar-refractivity contribution is 0.614. The molecule has 0 spiro atoms. The molecule has 1 aromatic heterocycles. The number of oxazole rings is 1. The van der Waals surface area contributed by atoms with E-state index in [4.69, 9.17) is 10.2 Å². The van der Waals surface area contributed by atoms with Crippen molar-refractivity contribution >= 4 is 27.6 Å². The van der Waals surface area contributed by atoms with Gasteiger partial charge in [0.25, 0.3) is 0 Å². The molecular formula is C17H11FN2O. The van der Waals surface area contributed by atoms with Gasteiger partial charge in [-0.25, -0.2) is 9.37 Å². The molecule has 0 aliphatic rings. The van der Waals surface area contributed by atoms with Gasteiger partial charge in [0, 0.05) is 11.8 Å². The van der Waals surface area contributed by atoms with Crippen LogP contribution in [0.4, 0.5) is 10.1 Å². The summed E-state index contributed by atoms with van der Waals surface area (Å²) < 4.78 is 18.9. The minimum absolute atomic E-state index is 0.339. The number of hydrogen-bond donors (Lipinski definition) is 1. The highest BCUT2D eigenvalue weighted by molar-refractivity contribution is 5.93. The second-order valence-electron chi connectivity index (χ2n) is 4.92. The van der Waals surface area contributed by atoms with E-state index in [1.54, 1.807) is 6.07 Å². The highest BCUT2D eigenvalue weighted by Gasteiger charge is 2.12. The van der Waals surface area contributed by atoms with Crippen LogP contribution in [-0.4, -0.2) is 4.98 Å². The summed E-state index contributed by atoms with van der Waals surface area (Å²) in [5, 5.41) is 2.11. The Bertz CT molecular complexity index is 975. The van der Waals surface area contributed by atoms with E-state index in [1.165, 1.54) is 12.1 Å². The van der Waals surface area contributed by atoms with Crippen molar-refractivity contribution in [3.05, 3.63) is 60.4 Å². The molecule has 2 N–H and O–H groups in total. The Morgan fingerprint density at radius 2 is 1.71 bits per heavy atom. The van der Waals surface area contributed by atoms with E-state index >= 15 is 0 Å². The van der Waals surface area contributed by atoms with Gasteiger partial charge in [0.1, 0.15) is 11.3 Å². The van der Waals surface area contributed by atoms with Gasteiger partial charge in [-0.3, -0.25) is 0 Å². The maximum atomic E-state index is 13.2. The van der Waals surface area contributed by atoms with Gasteiger partial charge >= 0.3 is 0 Å². The molecule has 4 heteroatoms. The van der Waals surface area contributed by atoms with E-state index in [0.29, 0.717) is 28.2 Å². The van der Waals surface area contributed by atoms with Gasteiger partial charge in [0.2, 0.25) is 5.89 Å². The van der Waals surface area contributed by atoms with Crippen molar-refractivity contribution in [2.45, 2.75) is 0 Å². The van der Waals surface area contributed by atoms with E-state index in [0.717, 1.165) is 10.8 Å². The molecule has 3 nitrogen and oxygen atoms in total. The molecule has 0 saturated carbocycles. The molecule has 1 heterocycles. The number of aromatic nitrogens is 1. The molecule has 0 fully saturated rings. The predicted molar refractivity (Wildman–Crippen MR) is 81.3 cm³/mol. The molecule has 3 aromatic carbocycles. The molecule has 4 rings (SSSR count). The molecule has 21 heavy (non-hydrogen) atoms. The van der Waals surface area contributed by atoms with Crippen LogP contribution in [-0.2, 0) is 0 Å². The van der Waals surface area contributed by atoms with Crippen LogP contribution in [0.3, 0.4) is 0 Å². The molecule has 0 aliphatic heterocycles. The van der Waals surface area contributed by atoms with Crippen LogP contribution in [0.5, 0.6) is 0 Å². The maximum Gasteiger partial charge on any atom is 0.229 e. The molecule has 0 radical (unpaired) electrons. The van der Waals surface area contributed by atoms with Crippen molar-refractivity contribution in [2.75, 3.05) is 5.73 Å². The van der Waals surface area contributed by atoms with Crippen LogP contribution in [0.25, 0.3) is 33.3 Å². The smallest absolute Gasteiger partial charge is 0.229 e. The Morgan fingerprint density at radius 3 is 2.52 bits per heavy atom. The Labute approximate surface area is 119 Å². The van der Waals surface area contributed by atoms with E-state index in [2.05, 4.69) is 4.98 Å². The number of benzene rings is 3. The number of rotatable bonds is 1. The zero-order valence-electron chi connectivity index (χ0n) is 11.0. The highest BCUT2D eigenvalue weighted by Crippen LogP contribution is 2.32. The molecule has 0 atom stereocenters. The average molecular weight is 278 g/mol. The second-order valence-corrected chi connectivity index (χ2v) is 4.92. The molecule has 102 valence electrons. The largest absolute Gasteiger partial charge is 0.436 e. The first-order valence-corrected chi connectivity index (χ1v) is 6.55. The van der Waals surface area contributed by atoms with Crippen LogP contribution in [0.15, 0.2) is 59.0 Å². The van der Waals surface area contributed by atoms with Crippen molar-refractivity contribution in [3.63, 3.8) is 0 Å². The van der Waals surface area contributed by atoms with Crippen LogP contribution in [0, 0.1) is 5.82 Å². The standard InChI is InChI=1S/C17H11FN2O/c18-12-5-6-16-15(9-12)20-17(21-16)13-7-10-3-1-2-4-11(10)8-14(13)19/h1-9H,19H2. The maximum absolute atomic E-state index is 13.2. The van der Waals surface area contributed by atoms with Gasteiger partial charge in [0.15, 0.2) is 5.58 Å². The summed E-state index contributed by atoms with van der Waals surface area (Å²) in [6, 6.07) is 16.0. The van der Waals surface area contributed by atoms with Crippen LogP contribution in [0.2, 0.25) is 0 Å². The molecule has 0 amide bonds. The third-order valence-electron chi connectivity index (χ3n) is 3.50. The Kier molecular flexibility index (Phi) is 2.44. The Morgan fingerprint density at radius 1 is 0.952 bits per heavy atom. The second kappa shape index (κ2) is 4.31.